The second-order valence-electron chi connectivity index (χ2n) is 6.90. The van der Waals surface area contributed by atoms with Gasteiger partial charge < -0.3 is 15.0 Å². The molecule has 27 heavy (non-hydrogen) atoms. The van der Waals surface area contributed by atoms with E-state index in [9.17, 15) is 0 Å². The van der Waals surface area contributed by atoms with Crippen molar-refractivity contribution in [3.05, 3.63) is 60.8 Å². The molecule has 1 unspecified atom stereocenters. The van der Waals surface area contributed by atoms with Crippen LogP contribution in [-0.2, 0) is 0 Å². The minimum Gasteiger partial charge on any atom is -0.457 e. The van der Waals surface area contributed by atoms with E-state index in [0.717, 1.165) is 30.3 Å². The average molecular weight is 361 g/mol. The monoisotopic (exact) mass is 361 g/mol. The highest BCUT2D eigenvalue weighted by molar-refractivity contribution is 5.57. The van der Waals surface area contributed by atoms with Gasteiger partial charge in [-0.25, -0.2) is 0 Å². The molecule has 4 rings (SSSR count). The molecule has 3 aromatic rings. The first-order chi connectivity index (χ1) is 13.3. The maximum Gasteiger partial charge on any atom is 0.247 e. The van der Waals surface area contributed by atoms with Gasteiger partial charge >= 0.3 is 0 Å². The predicted octanol–water partition coefficient (Wildman–Crippen LogP) is 4.64. The number of aromatic nitrogens is 3. The summed E-state index contributed by atoms with van der Waals surface area (Å²) in [7, 11) is 0. The Hall–Kier alpha value is -3.15. The van der Waals surface area contributed by atoms with Gasteiger partial charge in [0.05, 0.1) is 6.20 Å². The van der Waals surface area contributed by atoms with Crippen LogP contribution in [0.15, 0.2) is 60.8 Å². The molecule has 1 N–H and O–H groups in total. The van der Waals surface area contributed by atoms with Gasteiger partial charge in [-0.3, -0.25) is 0 Å². The third-order valence-corrected chi connectivity index (χ3v) is 4.59. The van der Waals surface area contributed by atoms with Crippen molar-refractivity contribution in [2.75, 3.05) is 23.3 Å². The molecule has 6 nitrogen and oxygen atoms in total. The highest BCUT2D eigenvalue weighted by Gasteiger charge is 2.19. The lowest BCUT2D eigenvalue weighted by molar-refractivity contribution is 0.441. The number of anilines is 3. The van der Waals surface area contributed by atoms with E-state index in [1.54, 1.807) is 6.20 Å². The van der Waals surface area contributed by atoms with Crippen molar-refractivity contribution in [1.29, 1.82) is 0 Å². The molecule has 2 aromatic carbocycles. The first kappa shape index (κ1) is 17.3. The zero-order chi connectivity index (χ0) is 18.5. The number of ether oxygens (including phenoxy) is 1. The lowest BCUT2D eigenvalue weighted by Crippen LogP contribution is -2.35. The van der Waals surface area contributed by atoms with Crippen molar-refractivity contribution in [2.24, 2.45) is 5.92 Å². The Bertz CT molecular complexity index is 869. The summed E-state index contributed by atoms with van der Waals surface area (Å²) in [5, 5.41) is 11.6. The fourth-order valence-electron chi connectivity index (χ4n) is 3.24. The van der Waals surface area contributed by atoms with Gasteiger partial charge in [-0.1, -0.05) is 25.1 Å². The Morgan fingerprint density at radius 3 is 2.59 bits per heavy atom. The van der Waals surface area contributed by atoms with Crippen LogP contribution in [0.4, 0.5) is 17.5 Å². The summed E-state index contributed by atoms with van der Waals surface area (Å²) >= 11 is 0. The zero-order valence-corrected chi connectivity index (χ0v) is 15.4. The maximum atomic E-state index is 5.82. The van der Waals surface area contributed by atoms with Crippen molar-refractivity contribution in [2.45, 2.75) is 19.8 Å². The van der Waals surface area contributed by atoms with E-state index in [0.29, 0.717) is 17.7 Å². The molecule has 0 bridgehead atoms. The number of rotatable bonds is 5. The second-order valence-corrected chi connectivity index (χ2v) is 6.90. The van der Waals surface area contributed by atoms with E-state index in [1.807, 2.05) is 54.6 Å². The van der Waals surface area contributed by atoms with Gasteiger partial charge in [0.15, 0.2) is 5.82 Å². The Morgan fingerprint density at radius 2 is 1.81 bits per heavy atom. The molecule has 0 amide bonds. The molecule has 0 spiro atoms. The minimum absolute atomic E-state index is 0.663. The van der Waals surface area contributed by atoms with Gasteiger partial charge in [-0.05, 0) is 55.2 Å². The quantitative estimate of drug-likeness (QED) is 0.714. The number of nitrogens with zero attached hydrogens (tertiary/aromatic N) is 4. The molecular weight excluding hydrogens is 338 g/mol. The van der Waals surface area contributed by atoms with Crippen LogP contribution in [-0.4, -0.2) is 28.3 Å². The third-order valence-electron chi connectivity index (χ3n) is 4.59. The van der Waals surface area contributed by atoms with Crippen molar-refractivity contribution >= 4 is 17.5 Å². The Kier molecular flexibility index (Phi) is 5.14. The van der Waals surface area contributed by atoms with E-state index < -0.39 is 0 Å². The van der Waals surface area contributed by atoms with Crippen LogP contribution in [0.2, 0.25) is 0 Å². The molecule has 138 valence electrons. The number of hydrogen-bond donors (Lipinski definition) is 1. The lowest BCUT2D eigenvalue weighted by atomic mass is 10.0. The SMILES string of the molecule is CC1CCCN(c2nncc(Nc3ccc(Oc4ccccc4)cc3)n2)C1. The number of nitrogens with one attached hydrogen (secondary N) is 1. The predicted molar refractivity (Wildman–Crippen MR) is 107 cm³/mol. The number of para-hydroxylation sites is 1. The molecule has 6 heteroatoms. The Morgan fingerprint density at radius 1 is 1.04 bits per heavy atom. The molecule has 1 aliphatic heterocycles. The molecule has 1 saturated heterocycles. The molecule has 0 radical (unpaired) electrons. The molecule has 1 atom stereocenters. The van der Waals surface area contributed by atoms with Gasteiger partial charge in [0.2, 0.25) is 5.95 Å². The van der Waals surface area contributed by atoms with Crippen LogP contribution >= 0.6 is 0 Å². The molecule has 1 fully saturated rings. The molecular formula is C21H23N5O. The maximum absolute atomic E-state index is 5.82. The summed E-state index contributed by atoms with van der Waals surface area (Å²) in [5.41, 5.74) is 0.925. The topological polar surface area (TPSA) is 63.2 Å². The highest BCUT2D eigenvalue weighted by atomic mass is 16.5. The van der Waals surface area contributed by atoms with Crippen LogP contribution in [0.25, 0.3) is 0 Å². The average Bonchev–Trinajstić information content (AvgIpc) is 2.71. The summed E-state index contributed by atoms with van der Waals surface area (Å²) < 4.78 is 5.82. The standard InChI is InChI=1S/C21H23N5O/c1-16-6-5-13-26(15-16)21-24-20(14-22-25-21)23-17-9-11-19(12-10-17)27-18-7-3-2-4-8-18/h2-4,7-12,14,16H,5-6,13,15H2,1H3,(H,23,24,25). The smallest absolute Gasteiger partial charge is 0.247 e. The van der Waals surface area contributed by atoms with E-state index in [4.69, 9.17) is 4.74 Å². The fourth-order valence-corrected chi connectivity index (χ4v) is 3.24. The first-order valence-electron chi connectivity index (χ1n) is 9.31. The number of benzene rings is 2. The molecule has 0 aliphatic carbocycles. The van der Waals surface area contributed by atoms with E-state index in [1.165, 1.54) is 12.8 Å². The summed E-state index contributed by atoms with van der Waals surface area (Å²) in [6, 6.07) is 17.5. The van der Waals surface area contributed by atoms with Gasteiger partial charge in [0.1, 0.15) is 11.5 Å². The summed E-state index contributed by atoms with van der Waals surface area (Å²) in [5.74, 6) is 3.65. The van der Waals surface area contributed by atoms with Crippen LogP contribution in [0, 0.1) is 5.92 Å². The van der Waals surface area contributed by atoms with E-state index in [-0.39, 0.29) is 0 Å². The molecule has 1 aliphatic rings. The van der Waals surface area contributed by atoms with Crippen molar-refractivity contribution in [3.8, 4) is 11.5 Å². The van der Waals surface area contributed by atoms with Crippen molar-refractivity contribution in [3.63, 3.8) is 0 Å². The first-order valence-corrected chi connectivity index (χ1v) is 9.31. The summed E-state index contributed by atoms with van der Waals surface area (Å²) in [6.07, 6.45) is 4.08. The number of hydrogen-bond acceptors (Lipinski definition) is 6. The summed E-state index contributed by atoms with van der Waals surface area (Å²) in [6.45, 7) is 4.23. The van der Waals surface area contributed by atoms with Gasteiger partial charge in [-0.15, -0.1) is 5.10 Å². The Balaban J connectivity index is 1.42. The number of piperidine rings is 1. The normalized spacial score (nSPS) is 16.8. The van der Waals surface area contributed by atoms with E-state index in [2.05, 4.69) is 32.3 Å². The second kappa shape index (κ2) is 8.03. The van der Waals surface area contributed by atoms with Crippen LogP contribution in [0.3, 0.4) is 0 Å². The minimum atomic E-state index is 0.663. The Labute approximate surface area is 159 Å². The van der Waals surface area contributed by atoms with Crippen molar-refractivity contribution < 1.29 is 4.74 Å². The van der Waals surface area contributed by atoms with Crippen LogP contribution < -0.4 is 15.0 Å². The van der Waals surface area contributed by atoms with Crippen molar-refractivity contribution in [1.82, 2.24) is 15.2 Å². The molecule has 2 heterocycles. The van der Waals surface area contributed by atoms with E-state index >= 15 is 0 Å². The molecule has 1 aromatic heterocycles. The highest BCUT2D eigenvalue weighted by Crippen LogP contribution is 2.25. The van der Waals surface area contributed by atoms with Crippen LogP contribution in [0.1, 0.15) is 19.8 Å². The largest absolute Gasteiger partial charge is 0.457 e. The summed E-state index contributed by atoms with van der Waals surface area (Å²) in [4.78, 5) is 6.84. The lowest BCUT2D eigenvalue weighted by Gasteiger charge is -2.30. The third kappa shape index (κ3) is 4.53. The van der Waals surface area contributed by atoms with Gasteiger partial charge in [0, 0.05) is 18.8 Å². The molecule has 0 saturated carbocycles. The van der Waals surface area contributed by atoms with Gasteiger partial charge in [0.25, 0.3) is 0 Å². The van der Waals surface area contributed by atoms with Gasteiger partial charge in [-0.2, -0.15) is 10.1 Å². The fraction of sp³-hybridized carbons (Fsp3) is 0.286. The zero-order valence-electron chi connectivity index (χ0n) is 15.4. The van der Waals surface area contributed by atoms with Crippen LogP contribution in [0.5, 0.6) is 11.5 Å².